The highest BCUT2D eigenvalue weighted by Crippen LogP contribution is 2.50. The molecule has 0 bridgehead atoms. The van der Waals surface area contributed by atoms with Crippen LogP contribution in [-0.2, 0) is 19.3 Å². The van der Waals surface area contributed by atoms with Gasteiger partial charge in [-0.05, 0) is 80.0 Å². The van der Waals surface area contributed by atoms with Gasteiger partial charge in [0, 0.05) is 24.6 Å². The zero-order valence-corrected chi connectivity index (χ0v) is 28.2. The van der Waals surface area contributed by atoms with Crippen molar-refractivity contribution in [2.24, 2.45) is 0 Å². The van der Waals surface area contributed by atoms with Gasteiger partial charge in [-0.15, -0.1) is 21.5 Å². The number of halogens is 2. The second-order valence-corrected chi connectivity index (χ2v) is 14.0. The second kappa shape index (κ2) is 12.0. The summed E-state index contributed by atoms with van der Waals surface area (Å²) in [6.45, 7) is 2.40. The Hall–Kier alpha value is -5.23. The van der Waals surface area contributed by atoms with Gasteiger partial charge in [0.15, 0.2) is 11.6 Å². The summed E-state index contributed by atoms with van der Waals surface area (Å²) < 4.78 is 40.6. The van der Waals surface area contributed by atoms with Crippen molar-refractivity contribution < 1.29 is 22.7 Å². The minimum atomic E-state index is -0.356. The molecule has 9 rings (SSSR count). The number of hydrogen-bond acceptors (Lipinski definition) is 9. The number of carbonyl (C=O) groups excluding carboxylic acids is 1. The summed E-state index contributed by atoms with van der Waals surface area (Å²) in [7, 11) is 1.50. The first-order valence-corrected chi connectivity index (χ1v) is 17.6. The van der Waals surface area contributed by atoms with E-state index in [-0.39, 0.29) is 35.5 Å². The number of benzene rings is 3. The van der Waals surface area contributed by atoms with Crippen LogP contribution in [0.3, 0.4) is 0 Å². The van der Waals surface area contributed by atoms with Gasteiger partial charge in [0.1, 0.15) is 10.8 Å². The van der Waals surface area contributed by atoms with E-state index in [0.29, 0.717) is 59.1 Å². The number of aryl methyl sites for hydroxylation is 3. The number of carbonyl (C=O) groups is 1. The van der Waals surface area contributed by atoms with Crippen molar-refractivity contribution in [2.45, 2.75) is 57.5 Å². The van der Waals surface area contributed by atoms with E-state index in [0.717, 1.165) is 63.2 Å². The summed E-state index contributed by atoms with van der Waals surface area (Å²) in [6, 6.07) is 15.6. The number of amides is 1. The second-order valence-electron chi connectivity index (χ2n) is 13.0. The molecule has 1 saturated heterocycles. The highest BCUT2D eigenvalue weighted by molar-refractivity contribution is 7.22. The van der Waals surface area contributed by atoms with Crippen LogP contribution >= 0.6 is 11.3 Å². The van der Waals surface area contributed by atoms with Gasteiger partial charge in [-0.3, -0.25) is 9.78 Å². The van der Waals surface area contributed by atoms with Crippen LogP contribution in [0.1, 0.15) is 75.7 Å². The summed E-state index contributed by atoms with van der Waals surface area (Å²) >= 11 is 1.50. The molecule has 6 aromatic rings. The molecular weight excluding hydrogens is 659 g/mol. The van der Waals surface area contributed by atoms with Crippen LogP contribution in [0.15, 0.2) is 59.0 Å². The van der Waals surface area contributed by atoms with E-state index in [2.05, 4.69) is 15.5 Å². The standard InChI is InChI=1S/C38H32F2N6O3S/c1-19-44-45-36(49-19)30-26(16-10-20-8-11-21(39)12-9-20)42-33-29-7-4-18-46(29)38(47)32(33)31(30)37-43-28-6-3-5-27(35(28)50-37)41-25-17-14-23-22(25)13-15-24(40)34(23)48-2/h3,5-6,8-9,11-13,15,25,29,41H,4,7,10,14,16-18H2,1-2H3. The minimum absolute atomic E-state index is 0.0374. The minimum Gasteiger partial charge on any atom is -0.493 e. The molecule has 3 aromatic carbocycles. The number of anilines is 1. The van der Waals surface area contributed by atoms with Crippen molar-refractivity contribution in [1.29, 1.82) is 0 Å². The number of nitrogens with zero attached hydrogens (tertiary/aromatic N) is 5. The number of thiazole rings is 1. The van der Waals surface area contributed by atoms with Gasteiger partial charge in [0.05, 0.1) is 57.6 Å². The summed E-state index contributed by atoms with van der Waals surface area (Å²) in [5.74, 6) is 0.277. The predicted octanol–water partition coefficient (Wildman–Crippen LogP) is 8.18. The quantitative estimate of drug-likeness (QED) is 0.171. The van der Waals surface area contributed by atoms with Crippen LogP contribution in [-0.4, -0.2) is 44.6 Å². The van der Waals surface area contributed by atoms with Gasteiger partial charge in [-0.2, -0.15) is 0 Å². The lowest BCUT2D eigenvalue weighted by Gasteiger charge is -2.17. The molecule has 2 unspecified atom stereocenters. The topological polar surface area (TPSA) is 106 Å². The lowest BCUT2D eigenvalue weighted by molar-refractivity contribution is 0.0776. The van der Waals surface area contributed by atoms with Crippen molar-refractivity contribution in [3.8, 4) is 27.8 Å². The molecule has 5 heterocycles. The van der Waals surface area contributed by atoms with E-state index in [1.165, 1.54) is 36.6 Å². The van der Waals surface area contributed by atoms with E-state index < -0.39 is 0 Å². The molecule has 2 aliphatic heterocycles. The van der Waals surface area contributed by atoms with Crippen LogP contribution in [0.2, 0.25) is 0 Å². The average Bonchev–Trinajstić information content (AvgIpc) is 3.96. The van der Waals surface area contributed by atoms with Crippen LogP contribution in [0.25, 0.3) is 32.2 Å². The number of rotatable bonds is 8. The number of hydrogen-bond donors (Lipinski definition) is 1. The summed E-state index contributed by atoms with van der Waals surface area (Å²) in [6.07, 6.45) is 4.35. The normalized spacial score (nSPS) is 17.8. The Kier molecular flexibility index (Phi) is 7.38. The van der Waals surface area contributed by atoms with Gasteiger partial charge in [-0.1, -0.05) is 24.3 Å². The van der Waals surface area contributed by atoms with Crippen LogP contribution < -0.4 is 10.1 Å². The fraction of sp³-hybridized carbons (Fsp3) is 0.289. The van der Waals surface area contributed by atoms with Crippen molar-refractivity contribution in [3.05, 3.63) is 106 Å². The van der Waals surface area contributed by atoms with Crippen molar-refractivity contribution in [3.63, 3.8) is 0 Å². The number of fused-ring (bicyclic) bond motifs is 5. The Balaban J connectivity index is 1.20. The fourth-order valence-corrected chi connectivity index (χ4v) is 8.96. The average molecular weight is 691 g/mol. The molecule has 50 heavy (non-hydrogen) atoms. The Labute approximate surface area is 290 Å². The predicted molar refractivity (Wildman–Crippen MR) is 185 cm³/mol. The van der Waals surface area contributed by atoms with E-state index in [1.54, 1.807) is 19.1 Å². The molecule has 0 radical (unpaired) electrons. The Morgan fingerprint density at radius 1 is 1.00 bits per heavy atom. The van der Waals surface area contributed by atoms with Gasteiger partial charge >= 0.3 is 0 Å². The third kappa shape index (κ3) is 4.95. The fourth-order valence-electron chi connectivity index (χ4n) is 7.86. The molecule has 252 valence electrons. The molecule has 2 atom stereocenters. The van der Waals surface area contributed by atoms with E-state index >= 15 is 0 Å². The van der Waals surface area contributed by atoms with E-state index in [1.807, 2.05) is 29.2 Å². The third-order valence-corrected chi connectivity index (χ3v) is 11.2. The van der Waals surface area contributed by atoms with Crippen LogP contribution in [0.4, 0.5) is 14.5 Å². The molecule has 1 N–H and O–H groups in total. The maximum Gasteiger partial charge on any atom is 0.257 e. The molecule has 12 heteroatoms. The summed E-state index contributed by atoms with van der Waals surface area (Å²) in [4.78, 5) is 26.5. The maximum atomic E-state index is 14.5. The number of methoxy groups -OCH3 is 1. The van der Waals surface area contributed by atoms with Crippen molar-refractivity contribution >= 4 is 33.1 Å². The van der Waals surface area contributed by atoms with Gasteiger partial charge in [0.2, 0.25) is 11.8 Å². The van der Waals surface area contributed by atoms with E-state index in [4.69, 9.17) is 19.1 Å². The molecule has 1 amide bonds. The SMILES string of the molecule is COc1c(F)ccc2c1CCC2Nc1cccc2nc(-c3c4c(nc(CCc5ccc(F)cc5)c3-c3nnc(C)o3)C3CCCN3C4=O)sc12. The monoisotopic (exact) mass is 690 g/mol. The molecule has 3 aliphatic rings. The molecule has 9 nitrogen and oxygen atoms in total. The van der Waals surface area contributed by atoms with Gasteiger partial charge in [-0.25, -0.2) is 13.8 Å². The molecule has 0 saturated carbocycles. The lowest BCUT2D eigenvalue weighted by Crippen LogP contribution is -2.22. The highest BCUT2D eigenvalue weighted by Gasteiger charge is 2.45. The maximum absolute atomic E-state index is 14.5. The molecule has 1 fully saturated rings. The van der Waals surface area contributed by atoms with Gasteiger partial charge < -0.3 is 19.4 Å². The number of ether oxygens (including phenoxy) is 1. The Morgan fingerprint density at radius 2 is 1.86 bits per heavy atom. The first kappa shape index (κ1) is 30.8. The molecular formula is C38H32F2N6O3S. The lowest BCUT2D eigenvalue weighted by atomic mass is 9.94. The molecule has 1 aliphatic carbocycles. The van der Waals surface area contributed by atoms with Crippen molar-refractivity contribution in [1.82, 2.24) is 25.1 Å². The van der Waals surface area contributed by atoms with Crippen LogP contribution in [0.5, 0.6) is 5.75 Å². The zero-order chi connectivity index (χ0) is 34.1. The first-order valence-electron chi connectivity index (χ1n) is 16.8. The number of pyridine rings is 1. The highest BCUT2D eigenvalue weighted by atomic mass is 32.1. The van der Waals surface area contributed by atoms with Crippen LogP contribution in [0, 0.1) is 18.6 Å². The van der Waals surface area contributed by atoms with Gasteiger partial charge in [0.25, 0.3) is 5.91 Å². The van der Waals surface area contributed by atoms with E-state index in [9.17, 15) is 13.6 Å². The Bertz CT molecular complexity index is 2320. The first-order chi connectivity index (χ1) is 24.4. The zero-order valence-electron chi connectivity index (χ0n) is 27.4. The summed E-state index contributed by atoms with van der Waals surface area (Å²) in [5.41, 5.74) is 7.85. The largest absolute Gasteiger partial charge is 0.493 e. The molecule has 0 spiro atoms. The summed E-state index contributed by atoms with van der Waals surface area (Å²) in [5, 5.41) is 12.9. The number of aromatic nitrogens is 4. The number of nitrogens with one attached hydrogen (secondary N) is 1. The van der Waals surface area contributed by atoms with Crippen molar-refractivity contribution in [2.75, 3.05) is 19.0 Å². The third-order valence-electron chi connectivity index (χ3n) is 10.1. The smallest absolute Gasteiger partial charge is 0.257 e. The Morgan fingerprint density at radius 3 is 2.66 bits per heavy atom. The molecule has 3 aromatic heterocycles.